The lowest BCUT2D eigenvalue weighted by molar-refractivity contribution is 0.233. The second-order valence-electron chi connectivity index (χ2n) is 5.59. The Kier molecular flexibility index (Phi) is 3.94. The van der Waals surface area contributed by atoms with Gasteiger partial charge in [-0.2, -0.15) is 0 Å². The van der Waals surface area contributed by atoms with Crippen molar-refractivity contribution in [3.8, 4) is 5.75 Å². The lowest BCUT2D eigenvalue weighted by Crippen LogP contribution is -2.31. The quantitative estimate of drug-likeness (QED) is 0.904. The molecule has 1 aliphatic heterocycles. The summed E-state index contributed by atoms with van der Waals surface area (Å²) in [5, 5.41) is 0. The number of imidazole rings is 1. The summed E-state index contributed by atoms with van der Waals surface area (Å²) in [7, 11) is 4.11. The number of aromatic nitrogens is 2. The molecule has 5 heteroatoms. The maximum Gasteiger partial charge on any atom is 0.122 e. The van der Waals surface area contributed by atoms with Gasteiger partial charge in [0.25, 0.3) is 0 Å². The van der Waals surface area contributed by atoms with Crippen molar-refractivity contribution in [2.45, 2.75) is 19.0 Å². The molecule has 2 aromatic rings. The summed E-state index contributed by atoms with van der Waals surface area (Å²) in [5.74, 6) is 2.06. The zero-order valence-electron chi connectivity index (χ0n) is 12.6. The summed E-state index contributed by atoms with van der Waals surface area (Å²) in [4.78, 5) is 6.63. The molecule has 21 heavy (non-hydrogen) atoms. The normalized spacial score (nSPS) is 15.0. The van der Waals surface area contributed by atoms with E-state index in [0.29, 0.717) is 6.54 Å². The van der Waals surface area contributed by atoms with E-state index in [1.165, 1.54) is 11.1 Å². The van der Waals surface area contributed by atoms with Crippen LogP contribution in [0, 0.1) is 0 Å². The first kappa shape index (κ1) is 14.1. The number of ether oxygens (including phenoxy) is 1. The molecule has 1 aromatic heterocycles. The van der Waals surface area contributed by atoms with Gasteiger partial charge in [0.15, 0.2) is 0 Å². The van der Waals surface area contributed by atoms with E-state index in [0.717, 1.165) is 31.1 Å². The van der Waals surface area contributed by atoms with Crippen LogP contribution in [0.2, 0.25) is 0 Å². The molecule has 3 rings (SSSR count). The van der Waals surface area contributed by atoms with Crippen LogP contribution < -0.4 is 10.5 Å². The number of rotatable bonds is 5. The molecule has 0 saturated heterocycles. The topological polar surface area (TPSA) is 56.3 Å². The Hall–Kier alpha value is -1.85. The molecule has 0 aliphatic carbocycles. The molecule has 1 unspecified atom stereocenters. The molecule has 112 valence electrons. The molecule has 2 heterocycles. The standard InChI is InChI=1S/C16H22N4O/c1-19-7-6-18-16(19)11-20(2)14(10-17)12-3-4-15-13(9-12)5-8-21-15/h3-4,6-7,9,14H,5,8,10-11,17H2,1-2H3. The van der Waals surface area contributed by atoms with Crippen molar-refractivity contribution in [1.29, 1.82) is 0 Å². The van der Waals surface area contributed by atoms with Crippen LogP contribution in [0.15, 0.2) is 30.6 Å². The number of nitrogens with zero attached hydrogens (tertiary/aromatic N) is 3. The van der Waals surface area contributed by atoms with Gasteiger partial charge in [-0.1, -0.05) is 12.1 Å². The summed E-state index contributed by atoms with van der Waals surface area (Å²) >= 11 is 0. The number of fused-ring (bicyclic) bond motifs is 1. The fourth-order valence-corrected chi connectivity index (χ4v) is 2.87. The maximum atomic E-state index is 6.02. The van der Waals surface area contributed by atoms with Crippen molar-refractivity contribution in [2.24, 2.45) is 12.8 Å². The van der Waals surface area contributed by atoms with Gasteiger partial charge in [-0.15, -0.1) is 0 Å². The van der Waals surface area contributed by atoms with Crippen molar-refractivity contribution in [3.63, 3.8) is 0 Å². The third-order valence-corrected chi connectivity index (χ3v) is 4.17. The Morgan fingerprint density at radius 1 is 1.48 bits per heavy atom. The molecule has 0 saturated carbocycles. The van der Waals surface area contributed by atoms with E-state index < -0.39 is 0 Å². The lowest BCUT2D eigenvalue weighted by atomic mass is 10.0. The van der Waals surface area contributed by atoms with Crippen molar-refractivity contribution in [1.82, 2.24) is 14.5 Å². The zero-order chi connectivity index (χ0) is 14.8. The Balaban J connectivity index is 1.79. The number of likely N-dealkylation sites (N-methyl/N-ethyl adjacent to an activating group) is 1. The van der Waals surface area contributed by atoms with Gasteiger partial charge in [0.1, 0.15) is 11.6 Å². The summed E-state index contributed by atoms with van der Waals surface area (Å²) in [6, 6.07) is 6.60. The molecule has 0 spiro atoms. The van der Waals surface area contributed by atoms with Crippen LogP contribution >= 0.6 is 0 Å². The smallest absolute Gasteiger partial charge is 0.122 e. The molecule has 0 bridgehead atoms. The van der Waals surface area contributed by atoms with Crippen molar-refractivity contribution in [2.75, 3.05) is 20.2 Å². The van der Waals surface area contributed by atoms with Crippen LogP contribution in [0.3, 0.4) is 0 Å². The predicted octanol–water partition coefficient (Wildman–Crippen LogP) is 1.49. The maximum absolute atomic E-state index is 6.02. The van der Waals surface area contributed by atoms with Crippen LogP contribution in [0.5, 0.6) is 5.75 Å². The third-order valence-electron chi connectivity index (χ3n) is 4.17. The summed E-state index contributed by atoms with van der Waals surface area (Å²) < 4.78 is 7.61. The fourth-order valence-electron chi connectivity index (χ4n) is 2.87. The molecule has 2 N–H and O–H groups in total. The molecule has 1 aliphatic rings. The zero-order valence-corrected chi connectivity index (χ0v) is 12.6. The Bertz CT molecular complexity index is 622. The van der Waals surface area contributed by atoms with Gasteiger partial charge in [0, 0.05) is 38.4 Å². The van der Waals surface area contributed by atoms with Gasteiger partial charge in [-0.25, -0.2) is 4.98 Å². The van der Waals surface area contributed by atoms with Crippen molar-refractivity contribution >= 4 is 0 Å². The van der Waals surface area contributed by atoms with Gasteiger partial charge >= 0.3 is 0 Å². The number of aryl methyl sites for hydroxylation is 1. The summed E-state index contributed by atoms with van der Waals surface area (Å²) in [5.41, 5.74) is 8.55. The van der Waals surface area contributed by atoms with Crippen LogP contribution in [-0.4, -0.2) is 34.7 Å². The van der Waals surface area contributed by atoms with Crippen molar-refractivity contribution in [3.05, 3.63) is 47.5 Å². The van der Waals surface area contributed by atoms with E-state index in [2.05, 4.69) is 35.1 Å². The molecule has 1 atom stereocenters. The average molecular weight is 286 g/mol. The van der Waals surface area contributed by atoms with E-state index in [1.54, 1.807) is 0 Å². The van der Waals surface area contributed by atoms with Gasteiger partial charge in [0.05, 0.1) is 13.2 Å². The largest absolute Gasteiger partial charge is 0.493 e. The minimum atomic E-state index is 0.188. The highest BCUT2D eigenvalue weighted by molar-refractivity contribution is 5.40. The molecular weight excluding hydrogens is 264 g/mol. The summed E-state index contributed by atoms with van der Waals surface area (Å²) in [6.07, 6.45) is 4.78. The van der Waals surface area contributed by atoms with E-state index in [1.807, 2.05) is 24.0 Å². The number of benzene rings is 1. The number of hydrogen-bond acceptors (Lipinski definition) is 4. The Labute approximate surface area is 125 Å². The second-order valence-corrected chi connectivity index (χ2v) is 5.59. The molecule has 1 aromatic carbocycles. The number of nitrogens with two attached hydrogens (primary N) is 1. The fraction of sp³-hybridized carbons (Fsp3) is 0.438. The molecule has 5 nitrogen and oxygen atoms in total. The highest BCUT2D eigenvalue weighted by Crippen LogP contribution is 2.29. The number of hydrogen-bond donors (Lipinski definition) is 1. The van der Waals surface area contributed by atoms with E-state index in [4.69, 9.17) is 10.5 Å². The van der Waals surface area contributed by atoms with Crippen molar-refractivity contribution < 1.29 is 4.74 Å². The second kappa shape index (κ2) is 5.87. The predicted molar refractivity (Wildman–Crippen MR) is 82.1 cm³/mol. The van der Waals surface area contributed by atoms with Crippen LogP contribution in [-0.2, 0) is 20.0 Å². The molecule has 0 amide bonds. The minimum Gasteiger partial charge on any atom is -0.493 e. The first-order valence-electron chi connectivity index (χ1n) is 7.31. The summed E-state index contributed by atoms with van der Waals surface area (Å²) in [6.45, 7) is 2.15. The molecule has 0 radical (unpaired) electrons. The Morgan fingerprint density at radius 3 is 3.05 bits per heavy atom. The van der Waals surface area contributed by atoms with Gasteiger partial charge in [-0.05, 0) is 24.2 Å². The van der Waals surface area contributed by atoms with Crippen LogP contribution in [0.25, 0.3) is 0 Å². The van der Waals surface area contributed by atoms with E-state index in [-0.39, 0.29) is 6.04 Å². The third kappa shape index (κ3) is 2.80. The SMILES string of the molecule is CN(Cc1nccn1C)C(CN)c1ccc2c(c1)CCO2. The lowest BCUT2D eigenvalue weighted by Gasteiger charge is -2.27. The molecule has 0 fully saturated rings. The minimum absolute atomic E-state index is 0.188. The highest BCUT2D eigenvalue weighted by Gasteiger charge is 2.20. The monoisotopic (exact) mass is 286 g/mol. The average Bonchev–Trinajstić information content (AvgIpc) is 3.09. The highest BCUT2D eigenvalue weighted by atomic mass is 16.5. The van der Waals surface area contributed by atoms with Crippen LogP contribution in [0.1, 0.15) is 23.0 Å². The van der Waals surface area contributed by atoms with Gasteiger partial charge in [-0.3, -0.25) is 4.90 Å². The molecular formula is C16H22N4O. The van der Waals surface area contributed by atoms with Gasteiger partial charge < -0.3 is 15.0 Å². The van der Waals surface area contributed by atoms with Gasteiger partial charge in [0.2, 0.25) is 0 Å². The first-order chi connectivity index (χ1) is 10.2. The van der Waals surface area contributed by atoms with E-state index in [9.17, 15) is 0 Å². The first-order valence-corrected chi connectivity index (χ1v) is 7.31. The van der Waals surface area contributed by atoms with E-state index >= 15 is 0 Å². The Morgan fingerprint density at radius 2 is 2.33 bits per heavy atom. The van der Waals surface area contributed by atoms with Crippen LogP contribution in [0.4, 0.5) is 0 Å².